The van der Waals surface area contributed by atoms with E-state index in [0.29, 0.717) is 15.7 Å². The Hall–Kier alpha value is -0.960. The summed E-state index contributed by atoms with van der Waals surface area (Å²) in [5.41, 5.74) is 1.18. The lowest BCUT2D eigenvalue weighted by molar-refractivity contribution is 0.628. The van der Waals surface area contributed by atoms with Crippen molar-refractivity contribution in [1.29, 1.82) is 0 Å². The van der Waals surface area contributed by atoms with Gasteiger partial charge in [-0.3, -0.25) is 0 Å². The monoisotopic (exact) mass is 317 g/mol. The standard InChI is InChI=1S/C14H11Cl3FN/c1-8(10-6-5-9(15)7-12(10)17)19-13-4-2-3-11(16)14(13)18/h2-8,19H,1H3. The van der Waals surface area contributed by atoms with Crippen LogP contribution in [0.3, 0.4) is 0 Å². The molecule has 1 atom stereocenters. The molecule has 0 fully saturated rings. The van der Waals surface area contributed by atoms with Crippen LogP contribution in [-0.2, 0) is 0 Å². The Morgan fingerprint density at radius 1 is 1.05 bits per heavy atom. The smallest absolute Gasteiger partial charge is 0.164 e. The van der Waals surface area contributed by atoms with E-state index in [9.17, 15) is 4.39 Å². The Balaban J connectivity index is 2.25. The molecule has 5 heteroatoms. The Morgan fingerprint density at radius 2 is 1.79 bits per heavy atom. The largest absolute Gasteiger partial charge is 0.376 e. The van der Waals surface area contributed by atoms with Gasteiger partial charge in [0.2, 0.25) is 0 Å². The molecule has 0 aliphatic heterocycles. The summed E-state index contributed by atoms with van der Waals surface area (Å²) < 4.78 is 13.8. The summed E-state index contributed by atoms with van der Waals surface area (Å²) in [6, 6.07) is 9.86. The number of halogens is 4. The fourth-order valence-electron chi connectivity index (χ4n) is 1.78. The third kappa shape index (κ3) is 3.33. The molecule has 1 nitrogen and oxygen atoms in total. The van der Waals surface area contributed by atoms with Crippen molar-refractivity contribution in [3.8, 4) is 0 Å². The number of nitrogens with one attached hydrogen (secondary N) is 1. The minimum atomic E-state index is -0.471. The first-order chi connectivity index (χ1) is 8.99. The van der Waals surface area contributed by atoms with Gasteiger partial charge in [-0.1, -0.05) is 46.9 Å². The quantitative estimate of drug-likeness (QED) is 0.736. The molecule has 0 amide bonds. The summed E-state index contributed by atoms with van der Waals surface area (Å²) in [5.74, 6) is -0.471. The van der Waals surface area contributed by atoms with Crippen LogP contribution in [-0.4, -0.2) is 0 Å². The third-order valence-electron chi connectivity index (χ3n) is 2.75. The van der Waals surface area contributed by atoms with Gasteiger partial charge in [0.1, 0.15) is 0 Å². The second kappa shape index (κ2) is 6.00. The normalized spacial score (nSPS) is 12.3. The van der Waals surface area contributed by atoms with E-state index in [1.165, 1.54) is 6.07 Å². The summed E-state index contributed by atoms with van der Waals surface area (Å²) in [4.78, 5) is 0. The van der Waals surface area contributed by atoms with Crippen molar-refractivity contribution in [3.63, 3.8) is 0 Å². The van der Waals surface area contributed by atoms with E-state index in [1.54, 1.807) is 24.3 Å². The Bertz CT molecular complexity index is 601. The SMILES string of the molecule is CC(Nc1cccc(Cl)c1F)c1ccc(Cl)cc1Cl. The van der Waals surface area contributed by atoms with Crippen LogP contribution in [0.4, 0.5) is 10.1 Å². The van der Waals surface area contributed by atoms with Crippen LogP contribution in [0, 0.1) is 5.82 Å². The molecular formula is C14H11Cl3FN. The van der Waals surface area contributed by atoms with Gasteiger partial charge >= 0.3 is 0 Å². The minimum Gasteiger partial charge on any atom is -0.376 e. The molecule has 2 aromatic rings. The number of hydrogen-bond donors (Lipinski definition) is 1. The molecule has 0 saturated heterocycles. The summed E-state index contributed by atoms with van der Waals surface area (Å²) >= 11 is 17.7. The molecule has 0 saturated carbocycles. The zero-order valence-electron chi connectivity index (χ0n) is 10.1. The van der Waals surface area contributed by atoms with Gasteiger partial charge in [-0.2, -0.15) is 0 Å². The van der Waals surface area contributed by atoms with Crippen LogP contribution in [0.2, 0.25) is 15.1 Å². The van der Waals surface area contributed by atoms with Gasteiger partial charge in [-0.15, -0.1) is 0 Å². The van der Waals surface area contributed by atoms with Crippen molar-refractivity contribution < 1.29 is 4.39 Å². The molecule has 2 aromatic carbocycles. The fourth-order valence-corrected chi connectivity index (χ4v) is 2.53. The van der Waals surface area contributed by atoms with Gasteiger partial charge in [-0.05, 0) is 36.8 Å². The molecule has 0 aliphatic carbocycles. The summed E-state index contributed by atoms with van der Waals surface area (Å²) in [6.07, 6.45) is 0. The van der Waals surface area contributed by atoms with E-state index in [-0.39, 0.29) is 11.1 Å². The average molecular weight is 319 g/mol. The molecule has 19 heavy (non-hydrogen) atoms. The predicted molar refractivity (Wildman–Crippen MR) is 79.9 cm³/mol. The van der Waals surface area contributed by atoms with Gasteiger partial charge in [0.05, 0.1) is 16.8 Å². The van der Waals surface area contributed by atoms with Gasteiger partial charge < -0.3 is 5.32 Å². The number of rotatable bonds is 3. The molecule has 0 heterocycles. The summed E-state index contributed by atoms with van der Waals surface area (Å²) in [6.45, 7) is 1.88. The number of anilines is 1. The Labute approximate surface area is 126 Å². The van der Waals surface area contributed by atoms with Crippen LogP contribution >= 0.6 is 34.8 Å². The second-order valence-corrected chi connectivity index (χ2v) is 5.38. The van der Waals surface area contributed by atoms with Gasteiger partial charge in [0.15, 0.2) is 5.82 Å². The van der Waals surface area contributed by atoms with Crippen molar-refractivity contribution in [2.75, 3.05) is 5.32 Å². The van der Waals surface area contributed by atoms with E-state index < -0.39 is 5.82 Å². The van der Waals surface area contributed by atoms with E-state index in [2.05, 4.69) is 5.32 Å². The maximum absolute atomic E-state index is 13.8. The van der Waals surface area contributed by atoms with E-state index in [1.807, 2.05) is 13.0 Å². The lowest BCUT2D eigenvalue weighted by Gasteiger charge is -2.18. The third-order valence-corrected chi connectivity index (χ3v) is 3.61. The molecule has 2 rings (SSSR count). The highest BCUT2D eigenvalue weighted by Crippen LogP contribution is 2.30. The van der Waals surface area contributed by atoms with Crippen molar-refractivity contribution in [2.24, 2.45) is 0 Å². The minimum absolute atomic E-state index is 0.0828. The van der Waals surface area contributed by atoms with Crippen LogP contribution in [0.1, 0.15) is 18.5 Å². The first kappa shape index (κ1) is 14.4. The first-order valence-corrected chi connectivity index (χ1v) is 6.78. The topological polar surface area (TPSA) is 12.0 Å². The molecule has 0 aliphatic rings. The molecule has 1 N–H and O–H groups in total. The highest BCUT2D eigenvalue weighted by molar-refractivity contribution is 6.35. The number of hydrogen-bond acceptors (Lipinski definition) is 1. The van der Waals surface area contributed by atoms with Crippen LogP contribution in [0.25, 0.3) is 0 Å². The zero-order chi connectivity index (χ0) is 14.0. The number of benzene rings is 2. The molecule has 0 aromatic heterocycles. The lowest BCUT2D eigenvalue weighted by atomic mass is 10.1. The Kier molecular flexibility index (Phi) is 4.56. The lowest BCUT2D eigenvalue weighted by Crippen LogP contribution is -2.08. The van der Waals surface area contributed by atoms with Crippen LogP contribution < -0.4 is 5.32 Å². The van der Waals surface area contributed by atoms with Crippen molar-refractivity contribution in [2.45, 2.75) is 13.0 Å². The van der Waals surface area contributed by atoms with Crippen molar-refractivity contribution in [3.05, 3.63) is 62.8 Å². The van der Waals surface area contributed by atoms with Gasteiger partial charge in [-0.25, -0.2) is 4.39 Å². The van der Waals surface area contributed by atoms with E-state index in [0.717, 1.165) is 5.56 Å². The fraction of sp³-hybridized carbons (Fsp3) is 0.143. The molecule has 0 spiro atoms. The molecule has 0 bridgehead atoms. The Morgan fingerprint density at radius 3 is 2.47 bits per heavy atom. The van der Waals surface area contributed by atoms with E-state index in [4.69, 9.17) is 34.8 Å². The zero-order valence-corrected chi connectivity index (χ0v) is 12.3. The summed E-state index contributed by atoms with van der Waals surface area (Å²) in [7, 11) is 0. The highest BCUT2D eigenvalue weighted by atomic mass is 35.5. The van der Waals surface area contributed by atoms with Crippen molar-refractivity contribution >= 4 is 40.5 Å². The van der Waals surface area contributed by atoms with E-state index >= 15 is 0 Å². The summed E-state index contributed by atoms with van der Waals surface area (Å²) in [5, 5.41) is 4.23. The maximum atomic E-state index is 13.8. The van der Waals surface area contributed by atoms with Crippen LogP contribution in [0.5, 0.6) is 0 Å². The highest BCUT2D eigenvalue weighted by Gasteiger charge is 2.13. The molecule has 0 radical (unpaired) electrons. The first-order valence-electron chi connectivity index (χ1n) is 5.64. The van der Waals surface area contributed by atoms with Gasteiger partial charge in [0.25, 0.3) is 0 Å². The second-order valence-electron chi connectivity index (χ2n) is 4.13. The maximum Gasteiger partial charge on any atom is 0.164 e. The van der Waals surface area contributed by atoms with Crippen LogP contribution in [0.15, 0.2) is 36.4 Å². The molecular weight excluding hydrogens is 308 g/mol. The van der Waals surface area contributed by atoms with Crippen molar-refractivity contribution in [1.82, 2.24) is 0 Å². The molecule has 100 valence electrons. The molecule has 1 unspecified atom stereocenters. The van der Waals surface area contributed by atoms with Gasteiger partial charge in [0, 0.05) is 10.0 Å². The average Bonchev–Trinajstić information content (AvgIpc) is 2.34. The predicted octanol–water partition coefficient (Wildman–Crippen LogP) is 5.96.